The minimum atomic E-state index is -1.89. The van der Waals surface area contributed by atoms with Crippen molar-refractivity contribution in [1.29, 1.82) is 5.26 Å². The van der Waals surface area contributed by atoms with E-state index in [4.69, 9.17) is 33.7 Å². The second-order valence-corrected chi connectivity index (χ2v) is 8.44. The standard InChI is InChI=1S/C22H21Cl2N3O3/c1-12(2)27-17-9-8-13(23)10-15(17)18(14-6-4-5-7-16(14)24)30-19(20(27)28)22(3,11-25)21(26)29/h4-10,12,18-19H,1-3H3,(H2,26,29)/t18-,19+,22?/m0/s1. The number of halogens is 2. The third-order valence-electron chi connectivity index (χ3n) is 5.24. The van der Waals surface area contributed by atoms with Crippen molar-refractivity contribution in [1.82, 2.24) is 0 Å². The molecule has 2 amide bonds. The van der Waals surface area contributed by atoms with Crippen molar-refractivity contribution >= 4 is 40.7 Å². The molecule has 0 radical (unpaired) electrons. The number of fused-ring (bicyclic) bond motifs is 1. The number of carbonyl (C=O) groups excluding carboxylic acids is 2. The van der Waals surface area contributed by atoms with Crippen LogP contribution in [0, 0.1) is 16.7 Å². The number of ether oxygens (including phenoxy) is 1. The van der Waals surface area contributed by atoms with E-state index in [1.165, 1.54) is 11.8 Å². The summed E-state index contributed by atoms with van der Waals surface area (Å²) in [5, 5.41) is 10.6. The summed E-state index contributed by atoms with van der Waals surface area (Å²) >= 11 is 12.7. The van der Waals surface area contributed by atoms with E-state index in [-0.39, 0.29) is 6.04 Å². The van der Waals surface area contributed by atoms with Crippen LogP contribution in [-0.4, -0.2) is 24.0 Å². The molecule has 0 spiro atoms. The first-order chi connectivity index (χ1) is 14.1. The molecule has 0 saturated heterocycles. The lowest BCUT2D eigenvalue weighted by atomic mass is 9.83. The first kappa shape index (κ1) is 22.1. The first-order valence-electron chi connectivity index (χ1n) is 9.35. The molecule has 2 aromatic carbocycles. The molecule has 156 valence electrons. The van der Waals surface area contributed by atoms with Gasteiger partial charge in [0.05, 0.1) is 11.8 Å². The zero-order chi connectivity index (χ0) is 22.2. The molecule has 0 fully saturated rings. The van der Waals surface area contributed by atoms with Crippen molar-refractivity contribution in [2.24, 2.45) is 11.1 Å². The van der Waals surface area contributed by atoms with Gasteiger partial charge in [0.2, 0.25) is 5.91 Å². The highest BCUT2D eigenvalue weighted by molar-refractivity contribution is 6.31. The fraction of sp³-hybridized carbons (Fsp3) is 0.318. The zero-order valence-corrected chi connectivity index (χ0v) is 18.2. The highest BCUT2D eigenvalue weighted by atomic mass is 35.5. The Bertz CT molecular complexity index is 1050. The maximum absolute atomic E-state index is 13.6. The van der Waals surface area contributed by atoms with E-state index >= 15 is 0 Å². The van der Waals surface area contributed by atoms with Crippen LogP contribution in [0.5, 0.6) is 0 Å². The zero-order valence-electron chi connectivity index (χ0n) is 16.7. The van der Waals surface area contributed by atoms with Gasteiger partial charge < -0.3 is 15.4 Å². The van der Waals surface area contributed by atoms with Crippen LogP contribution in [0.1, 0.15) is 38.0 Å². The van der Waals surface area contributed by atoms with Gasteiger partial charge in [0.25, 0.3) is 5.91 Å². The SMILES string of the molecule is CC(C)N1C(=O)[C@H](C(C)(C#N)C(N)=O)O[C@@H](c2ccccc2Cl)c2cc(Cl)ccc21. The summed E-state index contributed by atoms with van der Waals surface area (Å²) < 4.78 is 6.21. The van der Waals surface area contributed by atoms with E-state index in [1.54, 1.807) is 42.5 Å². The molecule has 1 aliphatic rings. The Labute approximate surface area is 185 Å². The van der Waals surface area contributed by atoms with Crippen LogP contribution >= 0.6 is 23.2 Å². The van der Waals surface area contributed by atoms with Crippen LogP contribution in [0.3, 0.4) is 0 Å². The highest BCUT2D eigenvalue weighted by Crippen LogP contribution is 2.44. The van der Waals surface area contributed by atoms with E-state index in [1.807, 2.05) is 19.9 Å². The molecule has 0 aliphatic carbocycles. The lowest BCUT2D eigenvalue weighted by molar-refractivity contribution is -0.148. The molecule has 1 unspecified atom stereocenters. The van der Waals surface area contributed by atoms with Crippen LogP contribution in [0.25, 0.3) is 0 Å². The van der Waals surface area contributed by atoms with Gasteiger partial charge in [-0.3, -0.25) is 9.59 Å². The van der Waals surface area contributed by atoms with Crippen LogP contribution in [0.15, 0.2) is 42.5 Å². The van der Waals surface area contributed by atoms with E-state index in [9.17, 15) is 14.9 Å². The van der Waals surface area contributed by atoms with Crippen molar-refractivity contribution < 1.29 is 14.3 Å². The van der Waals surface area contributed by atoms with Crippen LogP contribution in [0.2, 0.25) is 10.0 Å². The Balaban J connectivity index is 2.33. The quantitative estimate of drug-likeness (QED) is 0.760. The van der Waals surface area contributed by atoms with Crippen LogP contribution < -0.4 is 10.6 Å². The number of nitriles is 1. The van der Waals surface area contributed by atoms with Gasteiger partial charge in [-0.2, -0.15) is 5.26 Å². The summed E-state index contributed by atoms with van der Waals surface area (Å²) in [4.78, 5) is 27.3. The van der Waals surface area contributed by atoms with Gasteiger partial charge in [-0.15, -0.1) is 0 Å². The minimum absolute atomic E-state index is 0.288. The summed E-state index contributed by atoms with van der Waals surface area (Å²) in [6.45, 7) is 4.97. The number of primary amides is 1. The van der Waals surface area contributed by atoms with Crippen molar-refractivity contribution in [2.45, 2.75) is 39.0 Å². The molecule has 30 heavy (non-hydrogen) atoms. The molecule has 0 bridgehead atoms. The van der Waals surface area contributed by atoms with Crippen molar-refractivity contribution in [3.8, 4) is 6.07 Å². The Morgan fingerprint density at radius 3 is 2.47 bits per heavy atom. The smallest absolute Gasteiger partial charge is 0.258 e. The third-order valence-corrected chi connectivity index (χ3v) is 5.82. The summed E-state index contributed by atoms with van der Waals surface area (Å²) in [5.74, 6) is -1.49. The topological polar surface area (TPSA) is 96.4 Å². The summed E-state index contributed by atoms with van der Waals surface area (Å²) in [6.07, 6.45) is -2.30. The molecule has 1 aliphatic heterocycles. The molecule has 1 heterocycles. The number of hydrogen-bond acceptors (Lipinski definition) is 4. The van der Waals surface area contributed by atoms with Crippen molar-refractivity contribution in [3.05, 3.63) is 63.6 Å². The molecule has 3 rings (SSSR count). The number of nitrogens with two attached hydrogens (primary N) is 1. The second kappa shape index (κ2) is 8.27. The van der Waals surface area contributed by atoms with Gasteiger partial charge >= 0.3 is 0 Å². The van der Waals surface area contributed by atoms with Crippen LogP contribution in [-0.2, 0) is 14.3 Å². The van der Waals surface area contributed by atoms with Crippen molar-refractivity contribution in [3.63, 3.8) is 0 Å². The Hall–Kier alpha value is -2.59. The maximum Gasteiger partial charge on any atom is 0.258 e. The van der Waals surface area contributed by atoms with E-state index in [0.29, 0.717) is 26.9 Å². The highest BCUT2D eigenvalue weighted by Gasteiger charge is 2.51. The number of rotatable bonds is 4. The van der Waals surface area contributed by atoms with E-state index < -0.39 is 29.4 Å². The number of anilines is 1. The average molecular weight is 446 g/mol. The van der Waals surface area contributed by atoms with Gasteiger partial charge in [-0.05, 0) is 45.0 Å². The van der Waals surface area contributed by atoms with Gasteiger partial charge in [0, 0.05) is 27.2 Å². The Morgan fingerprint density at radius 2 is 1.90 bits per heavy atom. The molecular weight excluding hydrogens is 425 g/mol. The van der Waals surface area contributed by atoms with Gasteiger partial charge in [-0.1, -0.05) is 41.4 Å². The average Bonchev–Trinajstić information content (AvgIpc) is 2.82. The van der Waals surface area contributed by atoms with E-state index in [2.05, 4.69) is 0 Å². The lowest BCUT2D eigenvalue weighted by Crippen LogP contribution is -2.54. The third kappa shape index (κ3) is 3.65. The monoisotopic (exact) mass is 445 g/mol. The molecule has 0 saturated carbocycles. The van der Waals surface area contributed by atoms with Gasteiger partial charge in [0.15, 0.2) is 11.5 Å². The fourth-order valence-electron chi connectivity index (χ4n) is 3.55. The predicted molar refractivity (Wildman–Crippen MR) is 115 cm³/mol. The van der Waals surface area contributed by atoms with Crippen molar-refractivity contribution in [2.75, 3.05) is 4.90 Å². The number of carbonyl (C=O) groups is 2. The number of amides is 2. The molecule has 8 heteroatoms. The number of hydrogen-bond donors (Lipinski definition) is 1. The fourth-order valence-corrected chi connectivity index (χ4v) is 3.97. The van der Waals surface area contributed by atoms with Crippen LogP contribution in [0.4, 0.5) is 5.69 Å². The molecule has 2 N–H and O–H groups in total. The summed E-state index contributed by atoms with van der Waals surface area (Å²) in [7, 11) is 0. The predicted octanol–water partition coefficient (Wildman–Crippen LogP) is 4.24. The Kier molecular flexibility index (Phi) is 6.09. The van der Waals surface area contributed by atoms with Gasteiger partial charge in [-0.25, -0.2) is 0 Å². The van der Waals surface area contributed by atoms with Gasteiger partial charge in [0.1, 0.15) is 6.10 Å². The first-order valence-corrected chi connectivity index (χ1v) is 10.1. The molecular formula is C22H21Cl2N3O3. The summed E-state index contributed by atoms with van der Waals surface area (Å²) in [6, 6.07) is 13.7. The van der Waals surface area contributed by atoms with E-state index in [0.717, 1.165) is 0 Å². The minimum Gasteiger partial charge on any atom is -0.368 e. The molecule has 3 atom stereocenters. The molecule has 2 aromatic rings. The molecule has 6 nitrogen and oxygen atoms in total. The maximum atomic E-state index is 13.6. The second-order valence-electron chi connectivity index (χ2n) is 7.60. The number of nitrogens with zero attached hydrogens (tertiary/aromatic N) is 2. The largest absolute Gasteiger partial charge is 0.368 e. The number of benzene rings is 2. The normalized spacial score (nSPS) is 20.8. The molecule has 0 aromatic heterocycles. The summed E-state index contributed by atoms with van der Waals surface area (Å²) in [5.41, 5.74) is 5.39. The Morgan fingerprint density at radius 1 is 1.23 bits per heavy atom. The lowest BCUT2D eigenvalue weighted by Gasteiger charge is -2.33.